The van der Waals surface area contributed by atoms with Crippen LogP contribution < -0.4 is 9.47 Å². The summed E-state index contributed by atoms with van der Waals surface area (Å²) in [6.07, 6.45) is 5.31. The van der Waals surface area contributed by atoms with Gasteiger partial charge in [-0.15, -0.1) is 6.42 Å². The number of carbonyl (C=O) groups excluding carboxylic acids is 2. The fourth-order valence-electron chi connectivity index (χ4n) is 4.42. The summed E-state index contributed by atoms with van der Waals surface area (Å²) < 4.78 is 16.4. The Kier molecular flexibility index (Phi) is 6.26. The quantitative estimate of drug-likeness (QED) is 0.458. The highest BCUT2D eigenvalue weighted by Crippen LogP contribution is 2.50. The van der Waals surface area contributed by atoms with E-state index in [0.29, 0.717) is 39.6 Å². The number of terminal acetylenes is 1. The highest BCUT2D eigenvalue weighted by atomic mass is 35.5. The summed E-state index contributed by atoms with van der Waals surface area (Å²) in [6, 6.07) is 10.7. The fourth-order valence-corrected chi connectivity index (χ4v) is 4.69. The van der Waals surface area contributed by atoms with Gasteiger partial charge >= 0.3 is 5.97 Å². The van der Waals surface area contributed by atoms with Crippen molar-refractivity contribution in [2.75, 3.05) is 20.3 Å². The number of aliphatic imine (C=N–C) groups is 1. The van der Waals surface area contributed by atoms with Crippen LogP contribution in [0.2, 0.25) is 5.02 Å². The van der Waals surface area contributed by atoms with Crippen molar-refractivity contribution in [2.45, 2.75) is 19.8 Å². The summed E-state index contributed by atoms with van der Waals surface area (Å²) >= 11 is 6.54. The number of allylic oxidation sites excluding steroid dienone is 1. The number of rotatable bonds is 6. The third-order valence-electron chi connectivity index (χ3n) is 5.76. The number of nitrogens with zero attached hydrogens (tertiary/aromatic N) is 1. The summed E-state index contributed by atoms with van der Waals surface area (Å²) in [6.45, 7) is 3.73. The molecule has 0 saturated heterocycles. The van der Waals surface area contributed by atoms with E-state index in [0.717, 1.165) is 5.56 Å². The van der Waals surface area contributed by atoms with Crippen LogP contribution >= 0.6 is 11.6 Å². The van der Waals surface area contributed by atoms with Crippen LogP contribution in [-0.2, 0) is 9.53 Å². The van der Waals surface area contributed by atoms with Gasteiger partial charge in [-0.05, 0) is 31.5 Å². The predicted molar refractivity (Wildman–Crippen MR) is 126 cm³/mol. The Balaban J connectivity index is 1.92. The molecule has 33 heavy (non-hydrogen) atoms. The lowest BCUT2D eigenvalue weighted by molar-refractivity contribution is -0.146. The average molecular weight is 464 g/mol. The summed E-state index contributed by atoms with van der Waals surface area (Å²) in [5.74, 6) is 0.961. The number of benzene rings is 2. The molecule has 0 N–H and O–H groups in total. The normalized spacial score (nSPS) is 18.8. The molecule has 1 unspecified atom stereocenters. The van der Waals surface area contributed by atoms with Crippen LogP contribution in [0.5, 0.6) is 11.5 Å². The first-order valence-electron chi connectivity index (χ1n) is 10.5. The van der Waals surface area contributed by atoms with Crippen molar-refractivity contribution in [3.8, 4) is 23.8 Å². The third-order valence-corrected chi connectivity index (χ3v) is 6.04. The van der Waals surface area contributed by atoms with Crippen molar-refractivity contribution >= 4 is 34.8 Å². The smallest absolute Gasteiger partial charge is 0.315 e. The average Bonchev–Trinajstić information content (AvgIpc) is 3.08. The lowest BCUT2D eigenvalue weighted by Gasteiger charge is -2.31. The molecule has 2 atom stereocenters. The minimum Gasteiger partial charge on any atom is -0.493 e. The summed E-state index contributed by atoms with van der Waals surface area (Å²) in [4.78, 5) is 31.2. The number of carbonyl (C=O) groups is 2. The first kappa shape index (κ1) is 22.6. The number of ether oxygens (including phenoxy) is 3. The van der Waals surface area contributed by atoms with E-state index in [-0.39, 0.29) is 24.0 Å². The molecule has 1 heterocycles. The molecule has 4 rings (SSSR count). The van der Waals surface area contributed by atoms with E-state index < -0.39 is 17.8 Å². The van der Waals surface area contributed by atoms with Gasteiger partial charge in [-0.1, -0.05) is 41.8 Å². The zero-order valence-electron chi connectivity index (χ0n) is 18.5. The standard InChI is InChI=1S/C26H22ClNO5/c1-5-11-33-25-18(27)12-15(13-19(25)31-4)21-20(26(30)32-6-2)14(3)28-23-16-9-7-8-10-17(16)24(29)22(21)23/h1,7-10,12-13,20-21H,6,11H2,2-4H3/t20?,21-/m0/s1. The second-order valence-corrected chi connectivity index (χ2v) is 8.03. The molecular weight excluding hydrogens is 442 g/mol. The molecule has 2 aromatic carbocycles. The van der Waals surface area contributed by atoms with Crippen LogP contribution in [0.3, 0.4) is 0 Å². The number of hydrogen-bond donors (Lipinski definition) is 0. The van der Waals surface area contributed by atoms with Crippen molar-refractivity contribution < 1.29 is 23.8 Å². The number of Topliss-reactive ketones (excluding diaryl/α,β-unsaturated/α-hetero) is 1. The predicted octanol–water partition coefficient (Wildman–Crippen LogP) is 4.71. The molecule has 0 bridgehead atoms. The van der Waals surface area contributed by atoms with Crippen LogP contribution in [0.4, 0.5) is 0 Å². The Labute approximate surface area is 197 Å². The van der Waals surface area contributed by atoms with Crippen LogP contribution in [0.15, 0.2) is 47.0 Å². The van der Waals surface area contributed by atoms with E-state index in [1.807, 2.05) is 12.1 Å². The van der Waals surface area contributed by atoms with E-state index in [9.17, 15) is 9.59 Å². The molecule has 1 aliphatic heterocycles. The first-order valence-corrected chi connectivity index (χ1v) is 10.8. The highest BCUT2D eigenvalue weighted by molar-refractivity contribution is 6.32. The molecule has 0 amide bonds. The van der Waals surface area contributed by atoms with Gasteiger partial charge in [-0.3, -0.25) is 14.6 Å². The lowest BCUT2D eigenvalue weighted by atomic mass is 9.75. The van der Waals surface area contributed by atoms with Crippen LogP contribution in [0.1, 0.15) is 41.3 Å². The summed E-state index contributed by atoms with van der Waals surface area (Å²) in [5.41, 5.74) is 3.49. The Hall–Kier alpha value is -3.56. The van der Waals surface area contributed by atoms with Crippen LogP contribution in [-0.4, -0.2) is 37.8 Å². The Morgan fingerprint density at radius 3 is 2.64 bits per heavy atom. The van der Waals surface area contributed by atoms with E-state index >= 15 is 0 Å². The zero-order valence-corrected chi connectivity index (χ0v) is 19.2. The van der Waals surface area contributed by atoms with E-state index in [1.165, 1.54) is 7.11 Å². The van der Waals surface area contributed by atoms with Gasteiger partial charge in [-0.2, -0.15) is 0 Å². The van der Waals surface area contributed by atoms with Gasteiger partial charge in [0.1, 0.15) is 12.5 Å². The van der Waals surface area contributed by atoms with Crippen LogP contribution in [0.25, 0.3) is 5.70 Å². The molecule has 2 aromatic rings. The van der Waals surface area contributed by atoms with Gasteiger partial charge in [0.2, 0.25) is 0 Å². The number of hydrogen-bond acceptors (Lipinski definition) is 6. The zero-order chi connectivity index (χ0) is 23.7. The van der Waals surface area contributed by atoms with Crippen molar-refractivity contribution in [3.05, 3.63) is 63.7 Å². The van der Waals surface area contributed by atoms with E-state index in [1.54, 1.807) is 38.1 Å². The number of ketones is 1. The van der Waals surface area contributed by atoms with E-state index in [4.69, 9.17) is 32.2 Å². The second kappa shape index (κ2) is 9.13. The number of fused-ring (bicyclic) bond motifs is 2. The molecular formula is C26H22ClNO5. The van der Waals surface area contributed by atoms with Crippen molar-refractivity contribution in [1.82, 2.24) is 0 Å². The minimum atomic E-state index is -0.791. The molecule has 0 spiro atoms. The van der Waals surface area contributed by atoms with Crippen molar-refractivity contribution in [3.63, 3.8) is 0 Å². The Bertz CT molecular complexity index is 1250. The SMILES string of the molecule is C#CCOc1c(Cl)cc([C@@H]2C3=C(N=C(C)C2C(=O)OCC)c2ccccc2C3=O)cc1OC. The fraction of sp³-hybridized carbons (Fsp3) is 0.269. The molecule has 0 aromatic heterocycles. The van der Waals surface area contributed by atoms with Gasteiger partial charge in [-0.25, -0.2) is 0 Å². The van der Waals surface area contributed by atoms with E-state index in [2.05, 4.69) is 10.9 Å². The number of esters is 1. The van der Waals surface area contributed by atoms with Gasteiger partial charge in [0.05, 0.1) is 24.4 Å². The van der Waals surface area contributed by atoms with Gasteiger partial charge < -0.3 is 14.2 Å². The van der Waals surface area contributed by atoms with Crippen molar-refractivity contribution in [2.24, 2.45) is 10.9 Å². The lowest BCUT2D eigenvalue weighted by Crippen LogP contribution is -2.35. The molecule has 2 aliphatic rings. The largest absolute Gasteiger partial charge is 0.493 e. The first-order chi connectivity index (χ1) is 15.9. The minimum absolute atomic E-state index is 0.0131. The maximum Gasteiger partial charge on any atom is 0.315 e. The summed E-state index contributed by atoms with van der Waals surface area (Å²) in [5, 5.41) is 0.257. The number of halogens is 1. The third kappa shape index (κ3) is 3.79. The maximum absolute atomic E-state index is 13.5. The monoisotopic (exact) mass is 463 g/mol. The topological polar surface area (TPSA) is 74.2 Å². The summed E-state index contributed by atoms with van der Waals surface area (Å²) in [7, 11) is 1.48. The Morgan fingerprint density at radius 1 is 1.24 bits per heavy atom. The highest BCUT2D eigenvalue weighted by Gasteiger charge is 2.46. The van der Waals surface area contributed by atoms with Crippen molar-refractivity contribution in [1.29, 1.82) is 0 Å². The molecule has 6 nitrogen and oxygen atoms in total. The Morgan fingerprint density at radius 2 is 1.97 bits per heavy atom. The van der Waals surface area contributed by atoms with Crippen LogP contribution in [0, 0.1) is 18.3 Å². The van der Waals surface area contributed by atoms with Gasteiger partial charge in [0.25, 0.3) is 0 Å². The van der Waals surface area contributed by atoms with Gasteiger partial charge in [0.15, 0.2) is 17.3 Å². The second-order valence-electron chi connectivity index (χ2n) is 7.62. The maximum atomic E-state index is 13.5. The molecule has 168 valence electrons. The molecule has 1 aliphatic carbocycles. The molecule has 0 saturated carbocycles. The van der Waals surface area contributed by atoms with Gasteiger partial charge in [0, 0.05) is 28.3 Å². The number of methoxy groups -OCH3 is 1. The molecule has 7 heteroatoms. The molecule has 0 fully saturated rings. The molecule has 0 radical (unpaired) electrons.